The van der Waals surface area contributed by atoms with Crippen molar-refractivity contribution in [2.24, 2.45) is 0 Å². The molecule has 0 spiro atoms. The van der Waals surface area contributed by atoms with E-state index in [-0.39, 0.29) is 0 Å². The van der Waals surface area contributed by atoms with Gasteiger partial charge in [0.1, 0.15) is 11.5 Å². The van der Waals surface area contributed by atoms with E-state index in [1.54, 1.807) is 13.2 Å². The molecule has 0 aromatic carbocycles. The minimum Gasteiger partial charge on any atom is -0.467 e. The Hall–Kier alpha value is -3.52. The zero-order valence-electron chi connectivity index (χ0n) is 29.5. The average Bonchev–Trinajstić information content (AvgIpc) is 3.09. The first-order valence-corrected chi connectivity index (χ1v) is 14.8. The molecule has 0 saturated heterocycles. The van der Waals surface area contributed by atoms with E-state index in [0.29, 0.717) is 0 Å². The maximum atomic E-state index is 14.2. The summed E-state index contributed by atoms with van der Waals surface area (Å²) in [5.41, 5.74) is 0. The van der Waals surface area contributed by atoms with Crippen LogP contribution in [-0.2, 0) is 4.74 Å². The van der Waals surface area contributed by atoms with E-state index in [1.165, 1.54) is 0 Å². The van der Waals surface area contributed by atoms with Gasteiger partial charge in [-0.15, -0.1) is 0 Å². The maximum Gasteiger partial charge on any atom is 0.385 e. The summed E-state index contributed by atoms with van der Waals surface area (Å²) in [4.78, 5) is 0. The van der Waals surface area contributed by atoms with Crippen LogP contribution in [0.25, 0.3) is 0 Å². The Kier molecular flexibility index (Phi) is 15.7. The molecule has 0 saturated carbocycles. The summed E-state index contributed by atoms with van der Waals surface area (Å²) in [6, 6.07) is 0. The Morgan fingerprint density at radius 1 is 0.254 bits per heavy atom. The van der Waals surface area contributed by atoms with Gasteiger partial charge >= 0.3 is 119 Å². The van der Waals surface area contributed by atoms with Crippen molar-refractivity contribution in [3.8, 4) is 0 Å². The van der Waals surface area contributed by atoms with Gasteiger partial charge in [0.25, 0.3) is 0 Å². The number of hydrogen-bond donors (Lipinski definition) is 0. The second kappa shape index (κ2) is 16.5. The van der Waals surface area contributed by atoms with Gasteiger partial charge in [0.2, 0.25) is 0 Å². The molecule has 0 aromatic rings. The fraction of sp³-hybridized carbons (Fsp3) is 0.846. The molecule has 0 radical (unpaired) electrons. The SMILES string of the molecule is C=C(CC(F)(F)C(F)(F)C(F)(F)C(F)(F)C(F)(F)C(F)(F)C(F)(F)C(F)(F)C(F)(F)C(F)F)OC(=C)CC(F)(F)C(F)(F)C(F)(F)C(F)(F)C(F)(F)C(F)(F)C(F)(F)C(F)(F)C(F)(F)C(F)F. The molecule has 0 aliphatic rings. The summed E-state index contributed by atoms with van der Waals surface area (Å²) in [5.74, 6) is -167. The fourth-order valence-corrected chi connectivity index (χ4v) is 4.12. The zero-order valence-corrected chi connectivity index (χ0v) is 29.5. The maximum absolute atomic E-state index is 14.2. The summed E-state index contributed by atoms with van der Waals surface area (Å²) in [6.07, 6.45) is -21.1. The van der Waals surface area contributed by atoms with E-state index in [2.05, 4.69) is 4.74 Å². The van der Waals surface area contributed by atoms with Crippen molar-refractivity contribution in [2.45, 2.75) is 132 Å². The van der Waals surface area contributed by atoms with E-state index >= 15 is 0 Å². The molecular formula is C26H10F40O. The molecule has 41 heteroatoms. The van der Waals surface area contributed by atoms with E-state index in [4.69, 9.17) is 0 Å². The van der Waals surface area contributed by atoms with Gasteiger partial charge in [-0.2, -0.15) is 158 Å². The highest BCUT2D eigenvalue weighted by molar-refractivity contribution is 5.20. The number of hydrogen-bond acceptors (Lipinski definition) is 1. The normalized spacial score (nSPS) is 16.6. The van der Waals surface area contributed by atoms with E-state index in [0.717, 1.165) is 0 Å². The van der Waals surface area contributed by atoms with Crippen molar-refractivity contribution in [1.82, 2.24) is 0 Å². The second-order valence-electron chi connectivity index (χ2n) is 12.8. The van der Waals surface area contributed by atoms with Crippen molar-refractivity contribution in [3.05, 3.63) is 24.7 Å². The highest BCUT2D eigenvalue weighted by Crippen LogP contribution is 2.68. The number of allylic oxidation sites excluding steroid dienone is 2. The van der Waals surface area contributed by atoms with Gasteiger partial charge < -0.3 is 4.74 Å². The molecule has 67 heavy (non-hydrogen) atoms. The Balaban J connectivity index is 6.96. The third-order valence-electron chi connectivity index (χ3n) is 8.16. The first-order chi connectivity index (χ1) is 28.4. The molecule has 0 fully saturated rings. The molecule has 0 N–H and O–H groups in total. The van der Waals surface area contributed by atoms with Crippen LogP contribution in [0.15, 0.2) is 24.7 Å². The molecule has 0 aromatic heterocycles. The molecule has 0 unspecified atom stereocenters. The number of alkyl halides is 40. The molecule has 0 rings (SSSR count). The molecule has 400 valence electrons. The standard InChI is InChI=1S/C26H10F40O/c1-5(3-9(31,32)13(39,40)17(47,48)21(55,56)25(63,64)23(59,60)19(51,52)15(43,44)11(35,36)7(27)28)67-6(2)4-10(33,34)14(41,42)18(49,50)22(57,58)26(65,66)24(61,62)20(53,54)16(45,46)12(37,38)8(29)30/h7-8H,1-4H2. The van der Waals surface area contributed by atoms with Gasteiger partial charge in [-0.1, -0.05) is 13.2 Å². The topological polar surface area (TPSA) is 9.23 Å². The summed E-state index contributed by atoms with van der Waals surface area (Å²) < 4.78 is 546. The Morgan fingerprint density at radius 3 is 0.537 bits per heavy atom. The predicted molar refractivity (Wildman–Crippen MR) is 130 cm³/mol. The third-order valence-corrected chi connectivity index (χ3v) is 8.16. The monoisotopic (exact) mass is 1100 g/mol. The molecule has 0 atom stereocenters. The van der Waals surface area contributed by atoms with Crippen LogP contribution in [0.1, 0.15) is 12.8 Å². The van der Waals surface area contributed by atoms with Crippen LogP contribution in [0.5, 0.6) is 0 Å². The molecule has 0 heterocycles. The van der Waals surface area contributed by atoms with Gasteiger partial charge in [0.15, 0.2) is 0 Å². The second-order valence-corrected chi connectivity index (χ2v) is 12.8. The van der Waals surface area contributed by atoms with Crippen molar-refractivity contribution in [1.29, 1.82) is 0 Å². The van der Waals surface area contributed by atoms with Crippen LogP contribution in [-0.4, -0.2) is 119 Å². The molecule has 1 nitrogen and oxygen atoms in total. The van der Waals surface area contributed by atoms with Crippen LogP contribution in [0, 0.1) is 0 Å². The van der Waals surface area contributed by atoms with Crippen LogP contribution in [0.4, 0.5) is 176 Å². The Morgan fingerprint density at radius 2 is 0.388 bits per heavy atom. The molecule has 0 bridgehead atoms. The molecular weight excluding hydrogens is 1090 g/mol. The molecule has 0 aliphatic carbocycles. The Labute approximate surface area is 338 Å². The Bertz CT molecular complexity index is 1670. The van der Waals surface area contributed by atoms with Crippen LogP contribution in [0.2, 0.25) is 0 Å². The summed E-state index contributed by atoms with van der Waals surface area (Å²) in [6.45, 7) is 3.41. The minimum atomic E-state index is -9.57. The quantitative estimate of drug-likeness (QED) is 0.0691. The van der Waals surface area contributed by atoms with Crippen LogP contribution in [0.3, 0.4) is 0 Å². The summed E-state index contributed by atoms with van der Waals surface area (Å²) in [5, 5.41) is 0. The first-order valence-electron chi connectivity index (χ1n) is 14.8. The highest BCUT2D eigenvalue weighted by Gasteiger charge is 2.98. The summed E-state index contributed by atoms with van der Waals surface area (Å²) >= 11 is 0. The number of rotatable bonds is 24. The summed E-state index contributed by atoms with van der Waals surface area (Å²) in [7, 11) is 0. The van der Waals surface area contributed by atoms with Gasteiger partial charge in [0.05, 0.1) is 12.8 Å². The number of halogens is 40. The lowest BCUT2D eigenvalue weighted by molar-refractivity contribution is -0.465. The molecule has 0 aliphatic heterocycles. The lowest BCUT2D eigenvalue weighted by Gasteiger charge is -2.44. The van der Waals surface area contributed by atoms with Crippen LogP contribution < -0.4 is 0 Å². The zero-order chi connectivity index (χ0) is 55.4. The fourth-order valence-electron chi connectivity index (χ4n) is 4.12. The van der Waals surface area contributed by atoms with Gasteiger partial charge in [0, 0.05) is 0 Å². The van der Waals surface area contributed by atoms with Gasteiger partial charge in [-0.05, 0) is 0 Å². The van der Waals surface area contributed by atoms with Crippen molar-refractivity contribution in [2.75, 3.05) is 0 Å². The van der Waals surface area contributed by atoms with Crippen molar-refractivity contribution >= 4 is 0 Å². The highest BCUT2D eigenvalue weighted by atomic mass is 19.4. The van der Waals surface area contributed by atoms with Gasteiger partial charge in [-0.25, -0.2) is 17.6 Å². The van der Waals surface area contributed by atoms with E-state index in [1.807, 2.05) is 0 Å². The minimum absolute atomic E-state index is 1.71. The number of ether oxygens (including phenoxy) is 1. The van der Waals surface area contributed by atoms with Crippen molar-refractivity contribution < 1.29 is 180 Å². The molecule has 0 amide bonds. The largest absolute Gasteiger partial charge is 0.467 e. The van der Waals surface area contributed by atoms with E-state index < -0.39 is 144 Å². The predicted octanol–water partition coefficient (Wildman–Crippen LogP) is 14.8. The van der Waals surface area contributed by atoms with Crippen LogP contribution >= 0.6 is 0 Å². The lowest BCUT2D eigenvalue weighted by atomic mass is 9.85. The van der Waals surface area contributed by atoms with E-state index in [9.17, 15) is 176 Å². The first kappa shape index (κ1) is 63.5. The third kappa shape index (κ3) is 8.25. The van der Waals surface area contributed by atoms with Gasteiger partial charge in [-0.3, -0.25) is 0 Å². The average molecular weight is 1100 g/mol. The lowest BCUT2D eigenvalue weighted by Crippen LogP contribution is -2.76. The van der Waals surface area contributed by atoms with Crippen molar-refractivity contribution in [3.63, 3.8) is 0 Å². The smallest absolute Gasteiger partial charge is 0.385 e.